The standard InChI is InChI=1S/C16H10N4O4.2C2H6OS/c21-15(22)11-5-1-9(2-6-11)13-17-19-14(20-18-13)10-3-7-12(8-4-10)16(23)24;2*1-4(2)3/h1-8H,(H,21,22)(H,23,24);2*1-2H3. The van der Waals surface area contributed by atoms with Crippen molar-refractivity contribution < 1.29 is 28.2 Å². The lowest BCUT2D eigenvalue weighted by Gasteiger charge is -2.02. The minimum absolute atomic E-state index is 0.162. The number of nitrogens with zero attached hydrogens (tertiary/aromatic N) is 4. The summed E-state index contributed by atoms with van der Waals surface area (Å²) in [6, 6.07) is 12.1. The van der Waals surface area contributed by atoms with Gasteiger partial charge in [0.25, 0.3) is 0 Å². The number of carboxylic acids is 2. The molecule has 3 aromatic rings. The summed E-state index contributed by atoms with van der Waals surface area (Å²) in [6.45, 7) is 0. The van der Waals surface area contributed by atoms with Crippen LogP contribution in [0.15, 0.2) is 48.5 Å². The number of aromatic carboxylic acids is 2. The number of rotatable bonds is 4. The molecule has 0 aliphatic heterocycles. The van der Waals surface area contributed by atoms with E-state index in [1.807, 2.05) is 0 Å². The van der Waals surface area contributed by atoms with Crippen LogP contribution in [0.3, 0.4) is 0 Å². The number of benzene rings is 2. The van der Waals surface area contributed by atoms with E-state index in [1.165, 1.54) is 24.3 Å². The molecule has 0 aliphatic rings. The van der Waals surface area contributed by atoms with E-state index in [1.54, 1.807) is 49.3 Å². The number of carboxylic acid groups (broad SMARTS) is 2. The van der Waals surface area contributed by atoms with E-state index in [4.69, 9.17) is 10.2 Å². The molecule has 1 aromatic heterocycles. The first-order valence-electron chi connectivity index (χ1n) is 8.76. The summed E-state index contributed by atoms with van der Waals surface area (Å²) in [6.07, 6.45) is 6.56. The fraction of sp³-hybridized carbons (Fsp3) is 0.200. The monoisotopic (exact) mass is 478 g/mol. The van der Waals surface area contributed by atoms with Crippen molar-refractivity contribution in [2.75, 3.05) is 25.0 Å². The number of aromatic nitrogens is 4. The average molecular weight is 479 g/mol. The molecule has 1 heterocycles. The van der Waals surface area contributed by atoms with Crippen LogP contribution in [-0.4, -0.2) is 76.0 Å². The molecule has 0 bridgehead atoms. The normalized spacial score (nSPS) is 9.94. The van der Waals surface area contributed by atoms with Gasteiger partial charge in [0.15, 0.2) is 0 Å². The summed E-state index contributed by atoms with van der Waals surface area (Å²) < 4.78 is 19.1. The van der Waals surface area contributed by atoms with Crippen molar-refractivity contribution in [1.82, 2.24) is 20.4 Å². The predicted octanol–water partition coefficient (Wildman–Crippen LogP) is 1.99. The summed E-state index contributed by atoms with van der Waals surface area (Å²) in [5, 5.41) is 33.6. The first kappa shape index (κ1) is 26.7. The van der Waals surface area contributed by atoms with Crippen LogP contribution in [-0.2, 0) is 21.6 Å². The van der Waals surface area contributed by atoms with Crippen molar-refractivity contribution in [2.24, 2.45) is 0 Å². The van der Waals surface area contributed by atoms with Crippen molar-refractivity contribution in [3.63, 3.8) is 0 Å². The molecular weight excluding hydrogens is 456 g/mol. The highest BCUT2D eigenvalue weighted by molar-refractivity contribution is 7.83. The summed E-state index contributed by atoms with van der Waals surface area (Å²) in [4.78, 5) is 21.6. The van der Waals surface area contributed by atoms with Gasteiger partial charge in [-0.05, 0) is 24.3 Å². The summed E-state index contributed by atoms with van der Waals surface area (Å²) in [5.41, 5.74) is 1.50. The second-order valence-corrected chi connectivity index (χ2v) is 9.26. The smallest absolute Gasteiger partial charge is 0.335 e. The van der Waals surface area contributed by atoms with E-state index in [9.17, 15) is 18.0 Å². The third-order valence-corrected chi connectivity index (χ3v) is 3.26. The fourth-order valence-electron chi connectivity index (χ4n) is 1.98. The van der Waals surface area contributed by atoms with Crippen LogP contribution >= 0.6 is 0 Å². The molecule has 12 heteroatoms. The Labute approximate surface area is 189 Å². The molecule has 32 heavy (non-hydrogen) atoms. The zero-order chi connectivity index (χ0) is 24.3. The zero-order valence-corrected chi connectivity index (χ0v) is 19.4. The van der Waals surface area contributed by atoms with Crippen LogP contribution in [0.1, 0.15) is 20.7 Å². The molecule has 2 N–H and O–H groups in total. The summed E-state index contributed by atoms with van der Waals surface area (Å²) in [5.74, 6) is -1.51. The van der Waals surface area contributed by atoms with Crippen LogP contribution < -0.4 is 0 Å². The number of hydrogen-bond donors (Lipinski definition) is 2. The molecule has 0 radical (unpaired) electrons. The highest BCUT2D eigenvalue weighted by Crippen LogP contribution is 2.17. The minimum atomic E-state index is -1.01. The Balaban J connectivity index is 0.000000554. The second-order valence-electron chi connectivity index (χ2n) is 6.30. The van der Waals surface area contributed by atoms with Gasteiger partial charge in [0.2, 0.25) is 11.6 Å². The van der Waals surface area contributed by atoms with E-state index in [0.717, 1.165) is 0 Å². The SMILES string of the molecule is CS(C)=O.CS(C)=O.O=C(O)c1ccc(-c2nnc(-c3ccc(C(=O)O)cc3)nn2)cc1. The van der Waals surface area contributed by atoms with Gasteiger partial charge < -0.3 is 10.2 Å². The maximum Gasteiger partial charge on any atom is 0.335 e. The van der Waals surface area contributed by atoms with Gasteiger partial charge in [-0.1, -0.05) is 24.3 Å². The van der Waals surface area contributed by atoms with Crippen LogP contribution in [0.5, 0.6) is 0 Å². The van der Waals surface area contributed by atoms with Crippen molar-refractivity contribution in [1.29, 1.82) is 0 Å². The maximum absolute atomic E-state index is 10.8. The summed E-state index contributed by atoms with van der Waals surface area (Å²) in [7, 11) is -1.22. The van der Waals surface area contributed by atoms with Crippen LogP contribution in [0.4, 0.5) is 0 Å². The molecular formula is C20H22N4O6S2. The fourth-order valence-corrected chi connectivity index (χ4v) is 1.98. The minimum Gasteiger partial charge on any atom is -0.478 e. The van der Waals surface area contributed by atoms with E-state index in [-0.39, 0.29) is 22.8 Å². The Morgan fingerprint density at radius 1 is 0.594 bits per heavy atom. The van der Waals surface area contributed by atoms with Gasteiger partial charge in [-0.2, -0.15) is 0 Å². The van der Waals surface area contributed by atoms with Gasteiger partial charge >= 0.3 is 11.9 Å². The third-order valence-electron chi connectivity index (χ3n) is 3.26. The van der Waals surface area contributed by atoms with Gasteiger partial charge in [0.05, 0.1) is 11.1 Å². The molecule has 0 saturated carbocycles. The largest absolute Gasteiger partial charge is 0.478 e. The van der Waals surface area contributed by atoms with Gasteiger partial charge in [0, 0.05) is 57.7 Å². The number of carbonyl (C=O) groups is 2. The average Bonchev–Trinajstić information content (AvgIpc) is 2.73. The van der Waals surface area contributed by atoms with Crippen molar-refractivity contribution in [2.45, 2.75) is 0 Å². The van der Waals surface area contributed by atoms with Crippen molar-refractivity contribution in [3.8, 4) is 22.8 Å². The van der Waals surface area contributed by atoms with Gasteiger partial charge in [-0.15, -0.1) is 20.4 Å². The molecule has 170 valence electrons. The Morgan fingerprint density at radius 3 is 1.00 bits per heavy atom. The Kier molecular flexibility index (Phi) is 10.9. The topological polar surface area (TPSA) is 160 Å². The molecule has 0 spiro atoms. The Bertz CT molecular complexity index is 992. The number of hydrogen-bond acceptors (Lipinski definition) is 8. The van der Waals surface area contributed by atoms with Crippen LogP contribution in [0.25, 0.3) is 22.8 Å². The molecule has 0 amide bonds. The van der Waals surface area contributed by atoms with Crippen molar-refractivity contribution in [3.05, 3.63) is 59.7 Å². The van der Waals surface area contributed by atoms with Crippen LogP contribution in [0, 0.1) is 0 Å². The van der Waals surface area contributed by atoms with Crippen molar-refractivity contribution >= 4 is 33.5 Å². The van der Waals surface area contributed by atoms with Crippen LogP contribution in [0.2, 0.25) is 0 Å². The maximum atomic E-state index is 10.8. The molecule has 0 unspecified atom stereocenters. The van der Waals surface area contributed by atoms with Gasteiger partial charge in [0.1, 0.15) is 0 Å². The van der Waals surface area contributed by atoms with E-state index in [2.05, 4.69) is 20.4 Å². The molecule has 2 aromatic carbocycles. The Morgan fingerprint density at radius 2 is 0.812 bits per heavy atom. The van der Waals surface area contributed by atoms with Gasteiger partial charge in [-0.25, -0.2) is 9.59 Å². The highest BCUT2D eigenvalue weighted by Gasteiger charge is 2.09. The molecule has 3 rings (SSSR count). The predicted molar refractivity (Wildman–Crippen MR) is 122 cm³/mol. The first-order valence-corrected chi connectivity index (χ1v) is 12.7. The van der Waals surface area contributed by atoms with E-state index in [0.29, 0.717) is 11.1 Å². The first-order chi connectivity index (χ1) is 15.0. The Hall–Kier alpha value is -3.38. The zero-order valence-electron chi connectivity index (χ0n) is 17.8. The lowest BCUT2D eigenvalue weighted by Crippen LogP contribution is -2.01. The van der Waals surface area contributed by atoms with Gasteiger partial charge in [-0.3, -0.25) is 8.42 Å². The molecule has 0 fully saturated rings. The molecule has 0 saturated heterocycles. The summed E-state index contributed by atoms with van der Waals surface area (Å²) >= 11 is 0. The third kappa shape index (κ3) is 9.62. The quantitative estimate of drug-likeness (QED) is 0.567. The van der Waals surface area contributed by atoms with E-state index >= 15 is 0 Å². The molecule has 10 nitrogen and oxygen atoms in total. The molecule has 0 aliphatic carbocycles. The lowest BCUT2D eigenvalue weighted by atomic mass is 10.1. The second kappa shape index (κ2) is 13.1. The van der Waals surface area contributed by atoms with E-state index < -0.39 is 33.5 Å². The molecule has 0 atom stereocenters. The highest BCUT2D eigenvalue weighted by atomic mass is 32.2. The lowest BCUT2D eigenvalue weighted by molar-refractivity contribution is 0.0686.